The molecule has 0 bridgehead atoms. The molecule has 2 atom stereocenters. The van der Waals surface area contributed by atoms with Crippen molar-refractivity contribution in [3.05, 3.63) is 72.1 Å². The van der Waals surface area contributed by atoms with Crippen LogP contribution in [-0.4, -0.2) is 32.1 Å². The number of carbonyl (C=O) groups excluding carboxylic acids is 1. The van der Waals surface area contributed by atoms with E-state index in [-0.39, 0.29) is 11.8 Å². The lowest BCUT2D eigenvalue weighted by molar-refractivity contribution is -0.134. The van der Waals surface area contributed by atoms with Gasteiger partial charge in [0.25, 0.3) is 0 Å². The minimum Gasteiger partial charge on any atom is -0.333 e. The Hall–Kier alpha value is -2.95. The van der Waals surface area contributed by atoms with Gasteiger partial charge in [-0.2, -0.15) is 0 Å². The van der Waals surface area contributed by atoms with Crippen LogP contribution in [0.2, 0.25) is 0 Å². The van der Waals surface area contributed by atoms with E-state index >= 15 is 0 Å². The maximum Gasteiger partial charge on any atom is 0.226 e. The third-order valence-electron chi connectivity index (χ3n) is 5.43. The van der Waals surface area contributed by atoms with E-state index in [2.05, 4.69) is 26.9 Å². The molecule has 130 valence electrons. The molecule has 1 amide bonds. The molecule has 26 heavy (non-hydrogen) atoms. The molecule has 2 aliphatic rings. The van der Waals surface area contributed by atoms with Gasteiger partial charge in [0.2, 0.25) is 5.91 Å². The Morgan fingerprint density at radius 1 is 0.923 bits per heavy atom. The lowest BCUT2D eigenvalue weighted by Gasteiger charge is -2.28. The first kappa shape index (κ1) is 15.3. The van der Waals surface area contributed by atoms with Crippen LogP contribution in [0.5, 0.6) is 0 Å². The fraction of sp³-hybridized carbons (Fsp3) is 0.286. The number of aromatic nitrogens is 3. The quantitative estimate of drug-likeness (QED) is 0.734. The molecule has 1 aromatic heterocycles. The van der Waals surface area contributed by atoms with E-state index in [9.17, 15) is 4.79 Å². The second-order valence-electron chi connectivity index (χ2n) is 7.08. The Morgan fingerprint density at radius 3 is 2.42 bits per heavy atom. The Kier molecular flexibility index (Phi) is 3.59. The second-order valence-corrected chi connectivity index (χ2v) is 7.08. The average molecular weight is 344 g/mol. The Balaban J connectivity index is 1.31. The van der Waals surface area contributed by atoms with Crippen molar-refractivity contribution in [2.24, 2.45) is 5.92 Å². The molecule has 1 saturated carbocycles. The van der Waals surface area contributed by atoms with Gasteiger partial charge in [-0.1, -0.05) is 60.7 Å². The predicted molar refractivity (Wildman–Crippen MR) is 98.2 cm³/mol. The number of amides is 1. The van der Waals surface area contributed by atoms with Gasteiger partial charge in [0, 0.05) is 24.6 Å². The van der Waals surface area contributed by atoms with Crippen molar-refractivity contribution in [1.29, 1.82) is 0 Å². The molecule has 2 heterocycles. The fourth-order valence-corrected chi connectivity index (χ4v) is 3.92. The van der Waals surface area contributed by atoms with Gasteiger partial charge in [0.15, 0.2) is 11.6 Å². The zero-order chi connectivity index (χ0) is 17.5. The summed E-state index contributed by atoms with van der Waals surface area (Å²) in [6.45, 7) is 2.03. The third-order valence-corrected chi connectivity index (χ3v) is 5.43. The molecule has 0 radical (unpaired) electrons. The van der Waals surface area contributed by atoms with Crippen LogP contribution in [0.3, 0.4) is 0 Å². The summed E-state index contributed by atoms with van der Waals surface area (Å²) in [6.07, 6.45) is 0.960. The highest BCUT2D eigenvalue weighted by Gasteiger charge is 2.46. The van der Waals surface area contributed by atoms with Gasteiger partial charge in [0.1, 0.15) is 0 Å². The predicted octanol–water partition coefficient (Wildman–Crippen LogP) is 3.09. The van der Waals surface area contributed by atoms with Crippen molar-refractivity contribution in [2.75, 3.05) is 6.54 Å². The van der Waals surface area contributed by atoms with E-state index in [4.69, 9.17) is 0 Å². The summed E-state index contributed by atoms with van der Waals surface area (Å²) in [7, 11) is 0. The van der Waals surface area contributed by atoms with Crippen LogP contribution in [0.4, 0.5) is 0 Å². The van der Waals surface area contributed by atoms with Crippen molar-refractivity contribution in [3.8, 4) is 11.4 Å². The number of rotatable bonds is 3. The number of hydrogen-bond acceptors (Lipinski definition) is 3. The summed E-state index contributed by atoms with van der Waals surface area (Å²) in [6, 6.07) is 20.5. The maximum absolute atomic E-state index is 12.9. The molecule has 3 aromatic rings. The summed E-state index contributed by atoms with van der Waals surface area (Å²) in [5, 5.41) is 8.70. The first-order chi connectivity index (χ1) is 12.8. The number of nitrogens with zero attached hydrogens (tertiary/aromatic N) is 4. The Bertz CT molecular complexity index is 935. The summed E-state index contributed by atoms with van der Waals surface area (Å²) in [4.78, 5) is 14.8. The molecule has 0 spiro atoms. The van der Waals surface area contributed by atoms with Crippen LogP contribution in [0.15, 0.2) is 60.7 Å². The van der Waals surface area contributed by atoms with Gasteiger partial charge in [0.05, 0.1) is 6.54 Å². The van der Waals surface area contributed by atoms with Crippen LogP contribution >= 0.6 is 0 Å². The third kappa shape index (κ3) is 2.60. The summed E-state index contributed by atoms with van der Waals surface area (Å²) in [5.41, 5.74) is 2.34. The zero-order valence-electron chi connectivity index (χ0n) is 14.5. The molecule has 5 heteroatoms. The molecule has 1 aliphatic carbocycles. The smallest absolute Gasteiger partial charge is 0.226 e. The van der Waals surface area contributed by atoms with Crippen molar-refractivity contribution in [2.45, 2.75) is 25.4 Å². The molecular formula is C21H20N4O. The van der Waals surface area contributed by atoms with E-state index in [1.54, 1.807) is 0 Å². The van der Waals surface area contributed by atoms with E-state index in [1.165, 1.54) is 5.56 Å². The fourth-order valence-electron chi connectivity index (χ4n) is 3.92. The summed E-state index contributed by atoms with van der Waals surface area (Å²) >= 11 is 0. The minimum atomic E-state index is 0.125. The van der Waals surface area contributed by atoms with Gasteiger partial charge >= 0.3 is 0 Å². The van der Waals surface area contributed by atoms with Crippen molar-refractivity contribution >= 4 is 5.91 Å². The maximum atomic E-state index is 12.9. The van der Waals surface area contributed by atoms with E-state index < -0.39 is 0 Å². The van der Waals surface area contributed by atoms with Crippen molar-refractivity contribution < 1.29 is 4.79 Å². The van der Waals surface area contributed by atoms with Gasteiger partial charge < -0.3 is 9.47 Å². The van der Waals surface area contributed by atoms with E-state index in [1.807, 2.05) is 53.4 Å². The monoisotopic (exact) mass is 344 g/mol. The lowest BCUT2D eigenvalue weighted by atomic mass is 10.1. The van der Waals surface area contributed by atoms with E-state index in [0.29, 0.717) is 12.5 Å². The highest BCUT2D eigenvalue weighted by molar-refractivity contribution is 5.83. The van der Waals surface area contributed by atoms with Gasteiger partial charge in [-0.05, 0) is 17.9 Å². The number of hydrogen-bond donors (Lipinski definition) is 0. The molecular weight excluding hydrogens is 324 g/mol. The van der Waals surface area contributed by atoms with Crippen molar-refractivity contribution in [3.63, 3.8) is 0 Å². The van der Waals surface area contributed by atoms with E-state index in [0.717, 1.165) is 36.7 Å². The standard InChI is InChI=1S/C21H20N4O/c26-21(18-13-17(18)15-7-3-1-4-8-15)24-11-12-25-19(14-24)22-23-20(25)16-9-5-2-6-10-16/h1-10,17-18H,11-14H2. The largest absolute Gasteiger partial charge is 0.333 e. The highest BCUT2D eigenvalue weighted by Crippen LogP contribution is 2.48. The normalized spacial score (nSPS) is 21.3. The molecule has 2 unspecified atom stereocenters. The highest BCUT2D eigenvalue weighted by atomic mass is 16.2. The van der Waals surface area contributed by atoms with Crippen molar-refractivity contribution in [1.82, 2.24) is 19.7 Å². The van der Waals surface area contributed by atoms with Gasteiger partial charge in [-0.25, -0.2) is 0 Å². The average Bonchev–Trinajstić information content (AvgIpc) is 3.40. The molecule has 5 rings (SSSR count). The van der Waals surface area contributed by atoms with Crippen LogP contribution < -0.4 is 0 Å². The Morgan fingerprint density at radius 2 is 1.65 bits per heavy atom. The van der Waals surface area contributed by atoms with Crippen LogP contribution in [0, 0.1) is 5.92 Å². The molecule has 0 N–H and O–H groups in total. The van der Waals surface area contributed by atoms with Gasteiger partial charge in [-0.15, -0.1) is 10.2 Å². The lowest BCUT2D eigenvalue weighted by Crippen LogP contribution is -2.39. The minimum absolute atomic E-state index is 0.125. The zero-order valence-corrected chi connectivity index (χ0v) is 14.5. The molecule has 5 nitrogen and oxygen atoms in total. The topological polar surface area (TPSA) is 51.0 Å². The number of carbonyl (C=O) groups is 1. The second kappa shape index (κ2) is 6.09. The summed E-state index contributed by atoms with van der Waals surface area (Å²) < 4.78 is 2.14. The van der Waals surface area contributed by atoms with Crippen LogP contribution in [-0.2, 0) is 17.9 Å². The molecule has 1 aliphatic heterocycles. The number of fused-ring (bicyclic) bond motifs is 1. The van der Waals surface area contributed by atoms with Crippen LogP contribution in [0.1, 0.15) is 23.7 Å². The van der Waals surface area contributed by atoms with Gasteiger partial charge in [-0.3, -0.25) is 4.79 Å². The summed E-state index contributed by atoms with van der Waals surface area (Å²) in [5.74, 6) is 2.53. The van der Waals surface area contributed by atoms with Crippen LogP contribution in [0.25, 0.3) is 11.4 Å². The molecule has 0 saturated heterocycles. The first-order valence-electron chi connectivity index (χ1n) is 9.12. The number of benzene rings is 2. The Labute approximate surface area is 152 Å². The first-order valence-corrected chi connectivity index (χ1v) is 9.12. The SMILES string of the molecule is O=C(C1CC1c1ccccc1)N1CCn2c(nnc2-c2ccccc2)C1. The molecule has 2 aromatic carbocycles. The molecule has 1 fully saturated rings.